The van der Waals surface area contributed by atoms with Crippen LogP contribution in [0.1, 0.15) is 17.7 Å². The van der Waals surface area contributed by atoms with Gasteiger partial charge in [-0.05, 0) is 36.8 Å². The van der Waals surface area contributed by atoms with Crippen LogP contribution in [-0.2, 0) is 26.2 Å². The van der Waals surface area contributed by atoms with E-state index in [2.05, 4.69) is 15.2 Å². The van der Waals surface area contributed by atoms with Crippen molar-refractivity contribution >= 4 is 33.3 Å². The summed E-state index contributed by atoms with van der Waals surface area (Å²) in [7, 11) is -3.84. The molecule has 0 spiro atoms. The van der Waals surface area contributed by atoms with E-state index in [1.54, 1.807) is 19.1 Å². The van der Waals surface area contributed by atoms with Crippen molar-refractivity contribution in [2.75, 3.05) is 10.0 Å². The van der Waals surface area contributed by atoms with Crippen LogP contribution in [0.4, 0.5) is 11.5 Å². The van der Waals surface area contributed by atoms with Gasteiger partial charge >= 0.3 is 0 Å². The topological polar surface area (TPSA) is 122 Å². The maximum atomic E-state index is 12.7. The van der Waals surface area contributed by atoms with Crippen molar-refractivity contribution in [3.8, 4) is 0 Å². The lowest BCUT2D eigenvalue weighted by atomic mass is 10.2. The number of hydrogen-bond donors (Lipinski definition) is 2. The Morgan fingerprint density at radius 1 is 1.10 bits per heavy atom. The molecule has 1 aliphatic heterocycles. The van der Waals surface area contributed by atoms with Gasteiger partial charge in [0.05, 0.1) is 17.9 Å². The van der Waals surface area contributed by atoms with Crippen LogP contribution < -0.4 is 10.0 Å². The summed E-state index contributed by atoms with van der Waals surface area (Å²) >= 11 is 0. The Morgan fingerprint density at radius 2 is 1.81 bits per heavy atom. The molecule has 10 heteroatoms. The molecule has 1 atom stereocenters. The Hall–Kier alpha value is -3.66. The van der Waals surface area contributed by atoms with E-state index in [9.17, 15) is 18.0 Å². The summed E-state index contributed by atoms with van der Waals surface area (Å²) in [5, 5.41) is 6.63. The van der Waals surface area contributed by atoms with Crippen molar-refractivity contribution < 1.29 is 22.5 Å². The van der Waals surface area contributed by atoms with Gasteiger partial charge in [-0.3, -0.25) is 19.2 Å². The zero-order valence-electron chi connectivity index (χ0n) is 16.6. The van der Waals surface area contributed by atoms with Gasteiger partial charge in [0, 0.05) is 11.8 Å². The van der Waals surface area contributed by atoms with Crippen LogP contribution >= 0.6 is 0 Å². The molecule has 2 amide bonds. The summed E-state index contributed by atoms with van der Waals surface area (Å²) in [6.45, 7) is 1.88. The molecule has 31 heavy (non-hydrogen) atoms. The number of nitrogens with one attached hydrogen (secondary N) is 2. The molecule has 160 valence electrons. The number of carbonyl (C=O) groups is 2. The monoisotopic (exact) mass is 440 g/mol. The van der Waals surface area contributed by atoms with Gasteiger partial charge in [-0.15, -0.1) is 0 Å². The Morgan fingerprint density at radius 3 is 2.45 bits per heavy atom. The van der Waals surface area contributed by atoms with Gasteiger partial charge in [-0.2, -0.15) is 0 Å². The Labute approximate surface area is 179 Å². The average Bonchev–Trinajstić information content (AvgIpc) is 3.26. The van der Waals surface area contributed by atoms with E-state index in [4.69, 9.17) is 4.52 Å². The Kier molecular flexibility index (Phi) is 5.47. The minimum absolute atomic E-state index is 0.0261. The second-order valence-electron chi connectivity index (χ2n) is 7.16. The number of rotatable bonds is 7. The number of nitrogens with zero attached hydrogens (tertiary/aromatic N) is 2. The summed E-state index contributed by atoms with van der Waals surface area (Å²) in [5.74, 6) is 0.00823. The van der Waals surface area contributed by atoms with Gasteiger partial charge in [0.15, 0.2) is 5.82 Å². The number of imide groups is 1. The predicted octanol–water partition coefficient (Wildman–Crippen LogP) is 2.52. The summed E-state index contributed by atoms with van der Waals surface area (Å²) in [6, 6.07) is 15.9. The van der Waals surface area contributed by atoms with Crippen molar-refractivity contribution in [3.05, 3.63) is 72.0 Å². The van der Waals surface area contributed by atoms with Crippen LogP contribution in [0.3, 0.4) is 0 Å². The molecule has 1 unspecified atom stereocenters. The first-order valence-electron chi connectivity index (χ1n) is 9.53. The van der Waals surface area contributed by atoms with Gasteiger partial charge in [-0.25, -0.2) is 8.42 Å². The van der Waals surface area contributed by atoms with Crippen LogP contribution in [0.2, 0.25) is 0 Å². The maximum Gasteiger partial charge on any atom is 0.263 e. The van der Waals surface area contributed by atoms with E-state index in [0.29, 0.717) is 11.4 Å². The van der Waals surface area contributed by atoms with Gasteiger partial charge in [0.2, 0.25) is 5.91 Å². The van der Waals surface area contributed by atoms with E-state index in [0.717, 1.165) is 5.56 Å². The third-order valence-corrected chi connectivity index (χ3v) is 6.17. The molecule has 4 rings (SSSR count). The lowest BCUT2D eigenvalue weighted by molar-refractivity contribution is -0.139. The lowest BCUT2D eigenvalue weighted by Crippen LogP contribution is -2.34. The molecule has 2 heterocycles. The van der Waals surface area contributed by atoms with E-state index >= 15 is 0 Å². The third kappa shape index (κ3) is 4.58. The SMILES string of the molecule is Cc1cc(NS(=O)(=O)c2ccc(NC3CC(=O)N(Cc4ccccc4)C3=O)cc2)no1. The molecule has 1 fully saturated rings. The molecule has 3 aromatic rings. The number of carbonyl (C=O) groups excluding carboxylic acids is 2. The summed E-state index contributed by atoms with van der Waals surface area (Å²) < 4.78 is 32.1. The Balaban J connectivity index is 1.42. The van der Waals surface area contributed by atoms with E-state index in [-0.39, 0.29) is 35.5 Å². The highest BCUT2D eigenvalue weighted by molar-refractivity contribution is 7.92. The number of amides is 2. The van der Waals surface area contributed by atoms with Gasteiger partial charge in [0.1, 0.15) is 11.8 Å². The number of aromatic nitrogens is 1. The largest absolute Gasteiger partial charge is 0.373 e. The molecular weight excluding hydrogens is 420 g/mol. The molecule has 9 nitrogen and oxygen atoms in total. The minimum Gasteiger partial charge on any atom is -0.373 e. The smallest absolute Gasteiger partial charge is 0.263 e. The highest BCUT2D eigenvalue weighted by atomic mass is 32.2. The fraction of sp³-hybridized carbons (Fsp3) is 0.190. The number of benzene rings is 2. The maximum absolute atomic E-state index is 12.7. The Bertz CT molecular complexity index is 1210. The van der Waals surface area contributed by atoms with Gasteiger partial charge < -0.3 is 9.84 Å². The highest BCUT2D eigenvalue weighted by Gasteiger charge is 2.38. The molecule has 1 saturated heterocycles. The number of anilines is 2. The molecule has 1 aromatic heterocycles. The molecule has 0 bridgehead atoms. The second kappa shape index (κ2) is 8.23. The van der Waals surface area contributed by atoms with Crippen molar-refractivity contribution in [1.82, 2.24) is 10.1 Å². The molecule has 0 aliphatic carbocycles. The summed E-state index contributed by atoms with van der Waals surface area (Å²) in [6.07, 6.45) is 0.0405. The standard InChI is InChI=1S/C21H20N4O5S/c1-14-11-19(23-30-14)24-31(28,29)17-9-7-16(8-10-17)22-18-12-20(26)25(21(18)27)13-15-5-3-2-4-6-15/h2-11,18,22H,12-13H2,1H3,(H,23,24). The van der Waals surface area contributed by atoms with E-state index < -0.39 is 16.1 Å². The van der Waals surface area contributed by atoms with Crippen molar-refractivity contribution in [1.29, 1.82) is 0 Å². The van der Waals surface area contributed by atoms with Crippen LogP contribution in [0.25, 0.3) is 0 Å². The predicted molar refractivity (Wildman–Crippen MR) is 113 cm³/mol. The normalized spacial score (nSPS) is 16.5. The summed E-state index contributed by atoms with van der Waals surface area (Å²) in [4.78, 5) is 26.2. The van der Waals surface area contributed by atoms with Crippen LogP contribution in [-0.4, -0.2) is 36.3 Å². The highest BCUT2D eigenvalue weighted by Crippen LogP contribution is 2.22. The molecule has 2 aromatic carbocycles. The van der Waals surface area contributed by atoms with E-state index in [1.165, 1.54) is 23.1 Å². The van der Waals surface area contributed by atoms with Gasteiger partial charge in [-0.1, -0.05) is 35.5 Å². The molecule has 1 aliphatic rings. The first-order valence-corrected chi connectivity index (χ1v) is 11.0. The zero-order valence-corrected chi connectivity index (χ0v) is 17.4. The molecular formula is C21H20N4O5S. The second-order valence-corrected chi connectivity index (χ2v) is 8.84. The van der Waals surface area contributed by atoms with Crippen LogP contribution in [0.5, 0.6) is 0 Å². The number of hydrogen-bond acceptors (Lipinski definition) is 7. The lowest BCUT2D eigenvalue weighted by Gasteiger charge is -2.16. The first kappa shape index (κ1) is 20.6. The van der Waals surface area contributed by atoms with Gasteiger partial charge in [0.25, 0.3) is 15.9 Å². The quantitative estimate of drug-likeness (QED) is 0.542. The number of sulfonamides is 1. The number of aryl methyl sites for hydroxylation is 1. The third-order valence-electron chi connectivity index (χ3n) is 4.80. The fourth-order valence-electron chi connectivity index (χ4n) is 3.27. The number of likely N-dealkylation sites (tertiary alicyclic amines) is 1. The average molecular weight is 440 g/mol. The van der Waals surface area contributed by atoms with Crippen molar-refractivity contribution in [2.45, 2.75) is 30.8 Å². The molecule has 2 N–H and O–H groups in total. The first-order chi connectivity index (χ1) is 14.8. The molecule has 0 saturated carbocycles. The molecule has 0 radical (unpaired) electrons. The van der Waals surface area contributed by atoms with Crippen molar-refractivity contribution in [3.63, 3.8) is 0 Å². The van der Waals surface area contributed by atoms with Crippen LogP contribution in [0, 0.1) is 6.92 Å². The van der Waals surface area contributed by atoms with Crippen molar-refractivity contribution in [2.24, 2.45) is 0 Å². The summed E-state index contributed by atoms with van der Waals surface area (Å²) in [5.41, 5.74) is 1.40. The van der Waals surface area contributed by atoms with E-state index in [1.807, 2.05) is 30.3 Å². The fourth-order valence-corrected chi connectivity index (χ4v) is 4.25. The van der Waals surface area contributed by atoms with Crippen LogP contribution in [0.15, 0.2) is 70.1 Å². The zero-order chi connectivity index (χ0) is 22.0. The minimum atomic E-state index is -3.84.